The molecule has 236 valence electrons. The van der Waals surface area contributed by atoms with Crippen molar-refractivity contribution in [1.29, 1.82) is 0 Å². The highest BCUT2D eigenvalue weighted by atomic mass is 16.5. The van der Waals surface area contributed by atoms with E-state index in [9.17, 15) is 0 Å². The van der Waals surface area contributed by atoms with E-state index >= 15 is 0 Å². The maximum atomic E-state index is 6.74. The van der Waals surface area contributed by atoms with Crippen molar-refractivity contribution in [1.82, 2.24) is 0 Å². The summed E-state index contributed by atoms with van der Waals surface area (Å²) in [5.74, 6) is 4.54. The lowest BCUT2D eigenvalue weighted by Crippen LogP contribution is -2.20. The van der Waals surface area contributed by atoms with Crippen LogP contribution in [0, 0.1) is 0 Å². The van der Waals surface area contributed by atoms with Crippen LogP contribution >= 0.6 is 0 Å². The van der Waals surface area contributed by atoms with E-state index in [1.807, 2.05) is 24.3 Å². The van der Waals surface area contributed by atoms with Crippen molar-refractivity contribution in [2.75, 3.05) is 13.2 Å². The van der Waals surface area contributed by atoms with Gasteiger partial charge in [0.25, 0.3) is 0 Å². The average Bonchev–Trinajstić information content (AvgIpc) is 3.06. The molecule has 2 bridgehead atoms. The summed E-state index contributed by atoms with van der Waals surface area (Å²) in [5.41, 5.74) is 3.84. The summed E-state index contributed by atoms with van der Waals surface area (Å²) in [6.45, 7) is 2.61. The van der Waals surface area contributed by atoms with Crippen LogP contribution in [-0.2, 0) is 26.4 Å². The van der Waals surface area contributed by atoms with Crippen molar-refractivity contribution < 1.29 is 28.4 Å². The second kappa shape index (κ2) is 13.0. The van der Waals surface area contributed by atoms with Gasteiger partial charge < -0.3 is 28.4 Å². The van der Waals surface area contributed by atoms with Crippen LogP contribution in [0.25, 0.3) is 21.5 Å². The molecule has 3 heterocycles. The summed E-state index contributed by atoms with van der Waals surface area (Å²) in [7, 11) is 0. The van der Waals surface area contributed by atoms with Crippen LogP contribution in [0.2, 0.25) is 0 Å². The van der Waals surface area contributed by atoms with Gasteiger partial charge in [-0.05, 0) is 58.7 Å². The fraction of sp³-hybridized carbons (Fsp3) is 0.350. The van der Waals surface area contributed by atoms with E-state index in [0.717, 1.165) is 104 Å². The van der Waals surface area contributed by atoms with E-state index in [1.54, 1.807) is 0 Å². The Morgan fingerprint density at radius 3 is 0.913 bits per heavy atom. The maximum Gasteiger partial charge on any atom is 0.162 e. The lowest BCUT2D eigenvalue weighted by molar-refractivity contribution is 0.201. The first-order valence-corrected chi connectivity index (χ1v) is 16.8. The van der Waals surface area contributed by atoms with Gasteiger partial charge in [0.05, 0.1) is 13.2 Å². The Kier molecular flexibility index (Phi) is 8.18. The van der Waals surface area contributed by atoms with Crippen molar-refractivity contribution in [2.24, 2.45) is 0 Å². The van der Waals surface area contributed by atoms with E-state index < -0.39 is 0 Å². The van der Waals surface area contributed by atoms with Crippen LogP contribution in [0.4, 0.5) is 0 Å². The van der Waals surface area contributed by atoms with Crippen LogP contribution in [0.1, 0.15) is 73.6 Å². The average molecular weight is 617 g/mol. The molecule has 0 radical (unpaired) electrons. The molecule has 3 aliphatic heterocycles. The summed E-state index contributed by atoms with van der Waals surface area (Å²) in [5, 5.41) is 4.45. The molecule has 5 aromatic carbocycles. The molecular formula is C40H40O6. The third-order valence-corrected chi connectivity index (χ3v) is 9.47. The Balaban J connectivity index is 1.23. The smallest absolute Gasteiger partial charge is 0.162 e. The van der Waals surface area contributed by atoms with Gasteiger partial charge in [0.2, 0.25) is 0 Å². The molecule has 0 amide bonds. The van der Waals surface area contributed by atoms with Crippen molar-refractivity contribution in [3.05, 3.63) is 95.1 Å². The largest absolute Gasteiger partial charge is 0.493 e. The van der Waals surface area contributed by atoms with Gasteiger partial charge in [0, 0.05) is 22.3 Å². The molecule has 0 N–H and O–H groups in total. The monoisotopic (exact) mass is 616 g/mol. The van der Waals surface area contributed by atoms with Crippen LogP contribution in [0.15, 0.2) is 72.8 Å². The van der Waals surface area contributed by atoms with Crippen molar-refractivity contribution in [3.8, 4) is 34.5 Å². The minimum Gasteiger partial charge on any atom is -0.493 e. The molecule has 3 aliphatic rings. The van der Waals surface area contributed by atoms with Crippen molar-refractivity contribution >= 4 is 21.5 Å². The van der Waals surface area contributed by atoms with E-state index in [2.05, 4.69) is 48.5 Å². The quantitative estimate of drug-likeness (QED) is 0.173. The third kappa shape index (κ3) is 5.77. The Hall–Kier alpha value is -4.58. The predicted octanol–water partition coefficient (Wildman–Crippen LogP) is 9.83. The fourth-order valence-corrected chi connectivity index (χ4v) is 6.93. The normalized spacial score (nSPS) is 17.0. The Labute approximate surface area is 270 Å². The SMILES string of the molecule is c1ccc2cc3c(cc2c1)OCc1c(c2c4c(c1OCCCCCCCCCCO2)COc1cc2ccccc2cc1OC4)CO3. The number of fused-ring (bicyclic) bond motifs is 7. The lowest BCUT2D eigenvalue weighted by atomic mass is 9.95. The summed E-state index contributed by atoms with van der Waals surface area (Å²) in [6.07, 6.45) is 9.34. The van der Waals surface area contributed by atoms with Crippen LogP contribution in [0.5, 0.6) is 34.5 Å². The van der Waals surface area contributed by atoms with Gasteiger partial charge in [-0.3, -0.25) is 0 Å². The second-order valence-corrected chi connectivity index (χ2v) is 12.5. The molecule has 6 heteroatoms. The number of benzene rings is 5. The molecule has 0 saturated carbocycles. The molecule has 0 saturated heterocycles. The molecule has 46 heavy (non-hydrogen) atoms. The molecule has 0 unspecified atom stereocenters. The Morgan fingerprint density at radius 2 is 0.609 bits per heavy atom. The topological polar surface area (TPSA) is 55.4 Å². The minimum absolute atomic E-state index is 0.338. The van der Waals surface area contributed by atoms with Gasteiger partial charge in [-0.1, -0.05) is 87.1 Å². The summed E-state index contributed by atoms with van der Waals surface area (Å²) >= 11 is 0. The first kappa shape index (κ1) is 28.9. The van der Waals surface area contributed by atoms with Gasteiger partial charge in [-0.25, -0.2) is 0 Å². The molecule has 6 nitrogen and oxygen atoms in total. The molecule has 8 rings (SSSR count). The third-order valence-electron chi connectivity index (χ3n) is 9.47. The van der Waals surface area contributed by atoms with E-state index in [4.69, 9.17) is 28.4 Å². The van der Waals surface area contributed by atoms with Crippen LogP contribution in [-0.4, -0.2) is 13.2 Å². The molecule has 0 spiro atoms. The molecule has 0 fully saturated rings. The van der Waals surface area contributed by atoms with Gasteiger partial charge in [-0.15, -0.1) is 0 Å². The molecule has 5 aromatic rings. The zero-order valence-electron chi connectivity index (χ0n) is 26.3. The number of ether oxygens (including phenoxy) is 6. The molecular weight excluding hydrogens is 576 g/mol. The van der Waals surface area contributed by atoms with Crippen LogP contribution in [0.3, 0.4) is 0 Å². The Bertz CT molecular complexity index is 1620. The van der Waals surface area contributed by atoms with Crippen molar-refractivity contribution in [2.45, 2.75) is 77.8 Å². The maximum absolute atomic E-state index is 6.74. The van der Waals surface area contributed by atoms with Gasteiger partial charge in [0.15, 0.2) is 23.0 Å². The van der Waals surface area contributed by atoms with Gasteiger partial charge in [-0.2, -0.15) is 0 Å². The number of hydrogen-bond acceptors (Lipinski definition) is 6. The zero-order valence-corrected chi connectivity index (χ0v) is 26.3. The summed E-state index contributed by atoms with van der Waals surface area (Å²) in [6, 6.07) is 24.8. The van der Waals surface area contributed by atoms with Gasteiger partial charge >= 0.3 is 0 Å². The van der Waals surface area contributed by atoms with E-state index in [-0.39, 0.29) is 0 Å². The Morgan fingerprint density at radius 1 is 0.326 bits per heavy atom. The standard InChI is InChI=1S/C40H40O6/c1-2-4-6-12-18-42-40-33-25-45-37-21-29-15-9-7-13-27(29)19-35(37)43-23-31(33)39(41-17-11-5-3-1)32-24-44-36-20-28-14-8-10-16-30(28)22-38(36)46-26-34(32)40/h7-10,13-16,19-22H,1-6,11-12,17-18,23-26H2. The predicted molar refractivity (Wildman–Crippen MR) is 180 cm³/mol. The highest BCUT2D eigenvalue weighted by Crippen LogP contribution is 2.46. The van der Waals surface area contributed by atoms with Gasteiger partial charge in [0.1, 0.15) is 37.9 Å². The first-order chi connectivity index (χ1) is 22.8. The molecule has 0 aromatic heterocycles. The van der Waals surface area contributed by atoms with E-state index in [1.165, 1.54) is 25.7 Å². The number of rotatable bonds is 0. The lowest BCUT2D eigenvalue weighted by Gasteiger charge is -2.30. The summed E-state index contributed by atoms with van der Waals surface area (Å²) in [4.78, 5) is 0. The minimum atomic E-state index is 0.338. The first-order valence-electron chi connectivity index (χ1n) is 16.8. The second-order valence-electron chi connectivity index (χ2n) is 12.5. The molecule has 0 atom stereocenters. The van der Waals surface area contributed by atoms with Crippen LogP contribution < -0.4 is 28.4 Å². The number of hydrogen-bond donors (Lipinski definition) is 0. The highest BCUT2D eigenvalue weighted by molar-refractivity contribution is 5.87. The fourth-order valence-electron chi connectivity index (χ4n) is 6.93. The summed E-state index contributed by atoms with van der Waals surface area (Å²) < 4.78 is 39.7. The zero-order chi connectivity index (χ0) is 30.7. The highest BCUT2D eigenvalue weighted by Gasteiger charge is 2.31. The van der Waals surface area contributed by atoms with E-state index in [0.29, 0.717) is 39.6 Å². The van der Waals surface area contributed by atoms with Crippen molar-refractivity contribution in [3.63, 3.8) is 0 Å². The molecule has 0 aliphatic carbocycles.